The van der Waals surface area contributed by atoms with E-state index in [9.17, 15) is 8.42 Å². The third kappa shape index (κ3) is 3.22. The highest BCUT2D eigenvalue weighted by atomic mass is 32.2. The van der Waals surface area contributed by atoms with Gasteiger partial charge in [-0.05, 0) is 49.5 Å². The Labute approximate surface area is 126 Å². The first-order chi connectivity index (χ1) is 10.1. The lowest BCUT2D eigenvalue weighted by Gasteiger charge is -2.14. The molecule has 6 heteroatoms. The quantitative estimate of drug-likeness (QED) is 0.860. The van der Waals surface area contributed by atoms with Crippen LogP contribution < -0.4 is 10.0 Å². The molecule has 3 rings (SSSR count). The summed E-state index contributed by atoms with van der Waals surface area (Å²) in [6.07, 6.45) is 2.04. The molecule has 0 radical (unpaired) electrons. The Morgan fingerprint density at radius 3 is 3.05 bits per heavy atom. The van der Waals surface area contributed by atoms with Gasteiger partial charge in [-0.3, -0.25) is 0 Å². The predicted octanol–water partition coefficient (Wildman–Crippen LogP) is 1.27. The molecule has 1 aromatic rings. The first kappa shape index (κ1) is 14.8. The van der Waals surface area contributed by atoms with Gasteiger partial charge in [0.05, 0.1) is 4.90 Å². The lowest BCUT2D eigenvalue weighted by atomic mass is 10.1. The van der Waals surface area contributed by atoms with E-state index in [2.05, 4.69) is 21.9 Å². The molecule has 0 amide bonds. The minimum atomic E-state index is -3.40. The van der Waals surface area contributed by atoms with E-state index in [0.717, 1.165) is 44.7 Å². The van der Waals surface area contributed by atoms with E-state index in [-0.39, 0.29) is 0 Å². The average Bonchev–Trinajstić information content (AvgIpc) is 3.13. The van der Waals surface area contributed by atoms with Gasteiger partial charge in [0, 0.05) is 25.3 Å². The summed E-state index contributed by atoms with van der Waals surface area (Å²) in [6.45, 7) is 6.67. The molecule has 2 aliphatic heterocycles. The van der Waals surface area contributed by atoms with Crippen molar-refractivity contribution in [3.8, 4) is 0 Å². The zero-order chi connectivity index (χ0) is 14.9. The van der Waals surface area contributed by atoms with Gasteiger partial charge in [-0.2, -0.15) is 0 Å². The molecular weight excluding hydrogens is 286 g/mol. The molecule has 1 saturated heterocycles. The van der Waals surface area contributed by atoms with Gasteiger partial charge < -0.3 is 10.2 Å². The Hall–Kier alpha value is -1.11. The third-order valence-corrected chi connectivity index (χ3v) is 5.90. The van der Waals surface area contributed by atoms with E-state index in [1.54, 1.807) is 12.1 Å². The van der Waals surface area contributed by atoms with Crippen molar-refractivity contribution in [1.82, 2.24) is 9.62 Å². The Bertz CT molecular complexity index is 615. The zero-order valence-corrected chi connectivity index (χ0v) is 13.2. The SMILES string of the molecule is CCN1CCC(CNS(=O)(=O)c2ccc3c(c2)NCC3)C1. The van der Waals surface area contributed by atoms with Crippen LogP contribution in [0, 0.1) is 5.92 Å². The van der Waals surface area contributed by atoms with Crippen LogP contribution in [0.15, 0.2) is 23.1 Å². The second-order valence-corrected chi connectivity index (χ2v) is 7.66. The number of hydrogen-bond donors (Lipinski definition) is 2. The highest BCUT2D eigenvalue weighted by Crippen LogP contribution is 2.25. The van der Waals surface area contributed by atoms with Gasteiger partial charge in [-0.15, -0.1) is 0 Å². The van der Waals surface area contributed by atoms with E-state index in [4.69, 9.17) is 0 Å². The van der Waals surface area contributed by atoms with Crippen molar-refractivity contribution in [1.29, 1.82) is 0 Å². The first-order valence-corrected chi connectivity index (χ1v) is 9.15. The third-order valence-electron chi connectivity index (χ3n) is 4.48. The van der Waals surface area contributed by atoms with E-state index in [0.29, 0.717) is 17.4 Å². The van der Waals surface area contributed by atoms with Gasteiger partial charge in [0.1, 0.15) is 0 Å². The van der Waals surface area contributed by atoms with Crippen LogP contribution in [0.5, 0.6) is 0 Å². The van der Waals surface area contributed by atoms with Crippen molar-refractivity contribution in [2.24, 2.45) is 5.92 Å². The van der Waals surface area contributed by atoms with E-state index in [1.807, 2.05) is 6.07 Å². The molecule has 2 N–H and O–H groups in total. The molecular formula is C15H23N3O2S. The van der Waals surface area contributed by atoms with Crippen molar-refractivity contribution >= 4 is 15.7 Å². The highest BCUT2D eigenvalue weighted by Gasteiger charge is 2.24. The lowest BCUT2D eigenvalue weighted by Crippen LogP contribution is -2.31. The number of nitrogens with one attached hydrogen (secondary N) is 2. The van der Waals surface area contributed by atoms with Gasteiger partial charge in [0.15, 0.2) is 0 Å². The van der Waals surface area contributed by atoms with E-state index < -0.39 is 10.0 Å². The maximum Gasteiger partial charge on any atom is 0.240 e. The van der Waals surface area contributed by atoms with Crippen molar-refractivity contribution in [3.63, 3.8) is 0 Å². The van der Waals surface area contributed by atoms with Crippen LogP contribution >= 0.6 is 0 Å². The van der Waals surface area contributed by atoms with E-state index in [1.165, 1.54) is 5.56 Å². The fourth-order valence-electron chi connectivity index (χ4n) is 3.11. The molecule has 0 bridgehead atoms. The Balaban J connectivity index is 1.64. The summed E-state index contributed by atoms with van der Waals surface area (Å²) in [5.74, 6) is 0.423. The molecule has 1 fully saturated rings. The monoisotopic (exact) mass is 309 g/mol. The molecule has 0 aliphatic carbocycles. The minimum absolute atomic E-state index is 0.362. The lowest BCUT2D eigenvalue weighted by molar-refractivity contribution is 0.342. The summed E-state index contributed by atoms with van der Waals surface area (Å²) < 4.78 is 27.5. The summed E-state index contributed by atoms with van der Waals surface area (Å²) in [5, 5.41) is 3.22. The minimum Gasteiger partial charge on any atom is -0.384 e. The molecule has 21 heavy (non-hydrogen) atoms. The van der Waals surface area contributed by atoms with Crippen LogP contribution in [0.2, 0.25) is 0 Å². The fraction of sp³-hybridized carbons (Fsp3) is 0.600. The largest absolute Gasteiger partial charge is 0.384 e. The molecule has 1 aromatic carbocycles. The van der Waals surface area contributed by atoms with Crippen LogP contribution in [0.25, 0.3) is 0 Å². The second-order valence-electron chi connectivity index (χ2n) is 5.90. The Kier molecular flexibility index (Phi) is 4.19. The van der Waals surface area contributed by atoms with Crippen LogP contribution in [0.4, 0.5) is 5.69 Å². The summed E-state index contributed by atoms with van der Waals surface area (Å²) in [5.41, 5.74) is 2.15. The zero-order valence-electron chi connectivity index (χ0n) is 12.4. The molecule has 0 aromatic heterocycles. The normalized spacial score (nSPS) is 22.2. The first-order valence-electron chi connectivity index (χ1n) is 7.67. The Morgan fingerprint density at radius 2 is 2.29 bits per heavy atom. The Morgan fingerprint density at radius 1 is 1.43 bits per heavy atom. The number of rotatable bonds is 5. The number of benzene rings is 1. The topological polar surface area (TPSA) is 61.4 Å². The van der Waals surface area contributed by atoms with Crippen LogP contribution in [-0.2, 0) is 16.4 Å². The maximum atomic E-state index is 12.4. The van der Waals surface area contributed by atoms with Crippen molar-refractivity contribution in [2.45, 2.75) is 24.7 Å². The standard InChI is InChI=1S/C15H23N3O2S/c1-2-18-8-6-12(11-18)10-17-21(19,20)14-4-3-13-5-7-16-15(13)9-14/h3-4,9,12,16-17H,2,5-8,10-11H2,1H3. The molecule has 5 nitrogen and oxygen atoms in total. The van der Waals surface area contributed by atoms with Gasteiger partial charge in [0.2, 0.25) is 10.0 Å². The number of nitrogens with zero attached hydrogens (tertiary/aromatic N) is 1. The number of hydrogen-bond acceptors (Lipinski definition) is 4. The summed E-state index contributed by atoms with van der Waals surface area (Å²) in [4.78, 5) is 2.72. The number of sulfonamides is 1. The molecule has 116 valence electrons. The van der Waals surface area contributed by atoms with Crippen LogP contribution in [0.1, 0.15) is 18.9 Å². The smallest absolute Gasteiger partial charge is 0.240 e. The van der Waals surface area contributed by atoms with Gasteiger partial charge in [-0.1, -0.05) is 13.0 Å². The van der Waals surface area contributed by atoms with E-state index >= 15 is 0 Å². The predicted molar refractivity (Wildman–Crippen MR) is 84.0 cm³/mol. The number of anilines is 1. The summed E-state index contributed by atoms with van der Waals surface area (Å²) in [7, 11) is -3.40. The molecule has 0 spiro atoms. The van der Waals surface area contributed by atoms with Gasteiger partial charge >= 0.3 is 0 Å². The average molecular weight is 309 g/mol. The number of fused-ring (bicyclic) bond motifs is 1. The molecule has 1 unspecified atom stereocenters. The molecule has 2 aliphatic rings. The summed E-state index contributed by atoms with van der Waals surface area (Å²) in [6, 6.07) is 5.37. The van der Waals surface area contributed by atoms with Crippen LogP contribution in [0.3, 0.4) is 0 Å². The molecule has 1 atom stereocenters. The van der Waals surface area contributed by atoms with Crippen molar-refractivity contribution in [3.05, 3.63) is 23.8 Å². The van der Waals surface area contributed by atoms with Crippen molar-refractivity contribution < 1.29 is 8.42 Å². The van der Waals surface area contributed by atoms with Crippen molar-refractivity contribution in [2.75, 3.05) is 38.0 Å². The highest BCUT2D eigenvalue weighted by molar-refractivity contribution is 7.89. The van der Waals surface area contributed by atoms with Gasteiger partial charge in [-0.25, -0.2) is 13.1 Å². The molecule has 2 heterocycles. The second kappa shape index (κ2) is 5.94. The molecule has 0 saturated carbocycles. The number of likely N-dealkylation sites (tertiary alicyclic amines) is 1. The van der Waals surface area contributed by atoms with Crippen LogP contribution in [-0.4, -0.2) is 46.0 Å². The van der Waals surface area contributed by atoms with Gasteiger partial charge in [0.25, 0.3) is 0 Å². The summed E-state index contributed by atoms with van der Waals surface area (Å²) >= 11 is 0. The maximum absolute atomic E-state index is 12.4. The fourth-order valence-corrected chi connectivity index (χ4v) is 4.26.